The fraction of sp³-hybridized carbons (Fsp3) is 0.556. The van der Waals surface area contributed by atoms with E-state index in [0.717, 1.165) is 29.7 Å². The zero-order valence-corrected chi connectivity index (χ0v) is 14.7. The fourth-order valence-corrected chi connectivity index (χ4v) is 2.96. The molecule has 1 aliphatic rings. The molecular weight excluding hydrogens is 306 g/mol. The molecule has 0 aliphatic carbocycles. The number of benzene rings is 1. The monoisotopic (exact) mass is 333 g/mol. The molecule has 2 N–H and O–H groups in total. The van der Waals surface area contributed by atoms with Gasteiger partial charge in [-0.1, -0.05) is 18.2 Å². The highest BCUT2D eigenvalue weighted by atomic mass is 16.6. The molecule has 2 amide bonds. The predicted molar refractivity (Wildman–Crippen MR) is 94.2 cm³/mol. The number of likely N-dealkylation sites (tertiary alicyclic amines) is 1. The van der Waals surface area contributed by atoms with Gasteiger partial charge in [0.05, 0.1) is 13.2 Å². The number of carbonyl (C=O) groups is 2. The van der Waals surface area contributed by atoms with Crippen molar-refractivity contribution in [3.05, 3.63) is 29.3 Å². The molecule has 6 heteroatoms. The molecule has 0 spiro atoms. The van der Waals surface area contributed by atoms with Gasteiger partial charge >= 0.3 is 6.09 Å². The average Bonchev–Trinajstić information content (AvgIpc) is 2.55. The Kier molecular flexibility index (Phi) is 6.46. The number of hydrogen-bond acceptors (Lipinski definition) is 4. The third kappa shape index (κ3) is 4.88. The molecule has 0 bridgehead atoms. The fourth-order valence-electron chi connectivity index (χ4n) is 2.96. The van der Waals surface area contributed by atoms with E-state index in [1.807, 2.05) is 32.0 Å². The van der Waals surface area contributed by atoms with Gasteiger partial charge in [-0.25, -0.2) is 4.79 Å². The third-order valence-corrected chi connectivity index (χ3v) is 4.29. The molecule has 2 rings (SSSR count). The predicted octanol–water partition coefficient (Wildman–Crippen LogP) is 2.45. The Morgan fingerprint density at radius 2 is 1.83 bits per heavy atom. The second-order valence-corrected chi connectivity index (χ2v) is 6.15. The first-order chi connectivity index (χ1) is 11.5. The summed E-state index contributed by atoms with van der Waals surface area (Å²) in [6, 6.07) is 6.17. The maximum Gasteiger partial charge on any atom is 0.409 e. The minimum Gasteiger partial charge on any atom is -0.450 e. The number of carbonyl (C=O) groups excluding carboxylic acids is 2. The number of aryl methyl sites for hydroxylation is 2. The van der Waals surface area contributed by atoms with Gasteiger partial charge in [-0.2, -0.15) is 0 Å². The quantitative estimate of drug-likeness (QED) is 0.868. The van der Waals surface area contributed by atoms with E-state index in [1.165, 1.54) is 0 Å². The lowest BCUT2D eigenvalue weighted by atomic mass is 10.1. The Morgan fingerprint density at radius 1 is 1.21 bits per heavy atom. The minimum atomic E-state index is -0.265. The van der Waals surface area contributed by atoms with Crippen LogP contribution in [-0.4, -0.2) is 49.2 Å². The highest BCUT2D eigenvalue weighted by molar-refractivity contribution is 5.81. The summed E-state index contributed by atoms with van der Waals surface area (Å²) in [5.74, 6) is -0.0211. The molecule has 1 aliphatic heterocycles. The number of ether oxygens (including phenoxy) is 1. The topological polar surface area (TPSA) is 70.7 Å². The van der Waals surface area contributed by atoms with E-state index in [2.05, 4.69) is 10.6 Å². The summed E-state index contributed by atoms with van der Waals surface area (Å²) in [5.41, 5.74) is 3.28. The van der Waals surface area contributed by atoms with Crippen LogP contribution in [0.5, 0.6) is 0 Å². The van der Waals surface area contributed by atoms with Crippen LogP contribution in [0.4, 0.5) is 10.5 Å². The first kappa shape index (κ1) is 18.1. The molecular formula is C18H27N3O3. The number of para-hydroxylation sites is 1. The van der Waals surface area contributed by atoms with Crippen LogP contribution in [0.2, 0.25) is 0 Å². The Bertz CT molecular complexity index is 561. The van der Waals surface area contributed by atoms with Crippen molar-refractivity contribution in [2.24, 2.45) is 0 Å². The van der Waals surface area contributed by atoms with Crippen LogP contribution in [0.25, 0.3) is 0 Å². The third-order valence-electron chi connectivity index (χ3n) is 4.29. The van der Waals surface area contributed by atoms with E-state index in [9.17, 15) is 9.59 Å². The van der Waals surface area contributed by atoms with Gasteiger partial charge in [0.25, 0.3) is 0 Å². The smallest absolute Gasteiger partial charge is 0.409 e. The second-order valence-electron chi connectivity index (χ2n) is 6.15. The Hall–Kier alpha value is -2.24. The lowest BCUT2D eigenvalue weighted by Crippen LogP contribution is -2.47. The number of nitrogens with zero attached hydrogens (tertiary/aromatic N) is 1. The average molecular weight is 333 g/mol. The van der Waals surface area contributed by atoms with Gasteiger partial charge in [-0.15, -0.1) is 0 Å². The van der Waals surface area contributed by atoms with Gasteiger partial charge in [-0.3, -0.25) is 4.79 Å². The zero-order valence-electron chi connectivity index (χ0n) is 14.7. The van der Waals surface area contributed by atoms with Crippen molar-refractivity contribution >= 4 is 17.7 Å². The molecule has 0 aromatic heterocycles. The number of nitrogens with one attached hydrogen (secondary N) is 2. The summed E-state index contributed by atoms with van der Waals surface area (Å²) >= 11 is 0. The highest BCUT2D eigenvalue weighted by Gasteiger charge is 2.24. The van der Waals surface area contributed by atoms with E-state index in [1.54, 1.807) is 11.8 Å². The molecule has 0 unspecified atom stereocenters. The van der Waals surface area contributed by atoms with Crippen LogP contribution in [0.3, 0.4) is 0 Å². The lowest BCUT2D eigenvalue weighted by molar-refractivity contribution is -0.120. The van der Waals surface area contributed by atoms with Crippen LogP contribution >= 0.6 is 0 Å². The van der Waals surface area contributed by atoms with Gasteiger partial charge < -0.3 is 20.3 Å². The van der Waals surface area contributed by atoms with Crippen molar-refractivity contribution in [1.29, 1.82) is 0 Å². The lowest BCUT2D eigenvalue weighted by Gasteiger charge is -2.31. The maximum atomic E-state index is 12.1. The largest absolute Gasteiger partial charge is 0.450 e. The van der Waals surface area contributed by atoms with Crippen molar-refractivity contribution in [2.45, 2.75) is 39.7 Å². The molecule has 1 aromatic rings. The molecule has 1 heterocycles. The number of amides is 2. The van der Waals surface area contributed by atoms with Gasteiger partial charge in [0.1, 0.15) is 0 Å². The number of anilines is 1. The van der Waals surface area contributed by atoms with Crippen molar-refractivity contribution in [3.8, 4) is 0 Å². The summed E-state index contributed by atoms with van der Waals surface area (Å²) in [6.45, 7) is 7.73. The molecule has 0 atom stereocenters. The molecule has 1 aromatic carbocycles. The van der Waals surface area contributed by atoms with Gasteiger partial charge in [-0.05, 0) is 44.7 Å². The van der Waals surface area contributed by atoms with Gasteiger partial charge in [0.15, 0.2) is 0 Å². The van der Waals surface area contributed by atoms with Crippen molar-refractivity contribution in [2.75, 3.05) is 31.6 Å². The Balaban J connectivity index is 1.75. The molecule has 1 fully saturated rings. The summed E-state index contributed by atoms with van der Waals surface area (Å²) < 4.78 is 5.00. The maximum absolute atomic E-state index is 12.1. The summed E-state index contributed by atoms with van der Waals surface area (Å²) in [7, 11) is 0. The normalized spacial score (nSPS) is 15.0. The molecule has 132 valence electrons. The zero-order chi connectivity index (χ0) is 17.5. The first-order valence-electron chi connectivity index (χ1n) is 8.52. The molecule has 0 radical (unpaired) electrons. The standard InChI is InChI=1S/C18H27N3O3/c1-4-24-18(23)21-10-8-15(9-11-21)20-16(22)12-19-17-13(2)6-5-7-14(17)3/h5-7,15,19H,4,8-12H2,1-3H3,(H,20,22). The van der Waals surface area contributed by atoms with Crippen LogP contribution < -0.4 is 10.6 Å². The van der Waals surface area contributed by atoms with Crippen LogP contribution in [0.1, 0.15) is 30.9 Å². The van der Waals surface area contributed by atoms with Crippen molar-refractivity contribution in [3.63, 3.8) is 0 Å². The first-order valence-corrected chi connectivity index (χ1v) is 8.52. The van der Waals surface area contributed by atoms with E-state index >= 15 is 0 Å². The number of rotatable bonds is 5. The van der Waals surface area contributed by atoms with Crippen LogP contribution in [0, 0.1) is 13.8 Å². The molecule has 0 saturated carbocycles. The van der Waals surface area contributed by atoms with Crippen LogP contribution in [-0.2, 0) is 9.53 Å². The van der Waals surface area contributed by atoms with Gasteiger partial charge in [0, 0.05) is 24.8 Å². The van der Waals surface area contributed by atoms with E-state index in [-0.39, 0.29) is 24.6 Å². The van der Waals surface area contributed by atoms with Crippen LogP contribution in [0.15, 0.2) is 18.2 Å². The van der Waals surface area contributed by atoms with Gasteiger partial charge in [0.2, 0.25) is 5.91 Å². The minimum absolute atomic E-state index is 0.0211. The Morgan fingerprint density at radius 3 is 2.42 bits per heavy atom. The van der Waals surface area contributed by atoms with E-state index in [0.29, 0.717) is 19.7 Å². The second kappa shape index (κ2) is 8.57. The molecule has 1 saturated heterocycles. The molecule has 24 heavy (non-hydrogen) atoms. The molecule has 6 nitrogen and oxygen atoms in total. The summed E-state index contributed by atoms with van der Waals surface area (Å²) in [4.78, 5) is 25.5. The van der Waals surface area contributed by atoms with E-state index in [4.69, 9.17) is 4.74 Å². The number of hydrogen-bond donors (Lipinski definition) is 2. The summed E-state index contributed by atoms with van der Waals surface area (Å²) in [5, 5.41) is 6.26. The SMILES string of the molecule is CCOC(=O)N1CCC(NC(=O)CNc2c(C)cccc2C)CC1. The van der Waals surface area contributed by atoms with E-state index < -0.39 is 0 Å². The number of piperidine rings is 1. The highest BCUT2D eigenvalue weighted by Crippen LogP contribution is 2.19. The van der Waals surface area contributed by atoms with Crippen molar-refractivity contribution < 1.29 is 14.3 Å². The summed E-state index contributed by atoms with van der Waals surface area (Å²) in [6.07, 6.45) is 1.25. The van der Waals surface area contributed by atoms with Crippen molar-refractivity contribution in [1.82, 2.24) is 10.2 Å². The Labute approximate surface area is 143 Å².